The predicted molar refractivity (Wildman–Crippen MR) is 56.7 cm³/mol. The molecule has 4 nitrogen and oxygen atoms in total. The Hall–Kier alpha value is -1.35. The van der Waals surface area contributed by atoms with Gasteiger partial charge in [-0.15, -0.1) is 0 Å². The van der Waals surface area contributed by atoms with Crippen LogP contribution in [0.25, 0.3) is 0 Å². The van der Waals surface area contributed by atoms with Crippen molar-refractivity contribution in [2.24, 2.45) is 0 Å². The Morgan fingerprint density at radius 3 is 1.78 bits per heavy atom. The quantitative estimate of drug-likeness (QED) is 0.521. The van der Waals surface area contributed by atoms with E-state index < -0.39 is 43.9 Å². The van der Waals surface area contributed by atoms with E-state index in [1.54, 1.807) is 0 Å². The highest BCUT2D eigenvalue weighted by Crippen LogP contribution is 2.32. The SMILES string of the molecule is CNc1c(F)c(F)c(F)c(F)c1S(=O)(=O)N(C)C. The average Bonchev–Trinajstić information content (AvgIpc) is 2.30. The van der Waals surface area contributed by atoms with Crippen LogP contribution in [0.5, 0.6) is 0 Å². The van der Waals surface area contributed by atoms with E-state index in [4.69, 9.17) is 0 Å². The van der Waals surface area contributed by atoms with Gasteiger partial charge in [-0.3, -0.25) is 0 Å². The molecule has 0 heterocycles. The first kappa shape index (κ1) is 14.7. The van der Waals surface area contributed by atoms with Gasteiger partial charge in [-0.05, 0) is 0 Å². The van der Waals surface area contributed by atoms with Crippen LogP contribution in [0.1, 0.15) is 0 Å². The van der Waals surface area contributed by atoms with Crippen molar-refractivity contribution in [3.8, 4) is 0 Å². The predicted octanol–water partition coefficient (Wildman–Crippen LogP) is 1.54. The van der Waals surface area contributed by atoms with Crippen LogP contribution < -0.4 is 5.32 Å². The summed E-state index contributed by atoms with van der Waals surface area (Å²) in [5.41, 5.74) is -0.958. The fraction of sp³-hybridized carbons (Fsp3) is 0.333. The Bertz CT molecular complexity index is 587. The normalized spacial score (nSPS) is 12.0. The van der Waals surface area contributed by atoms with Crippen molar-refractivity contribution in [1.29, 1.82) is 0 Å². The van der Waals surface area contributed by atoms with Crippen LogP contribution in [0, 0.1) is 23.3 Å². The lowest BCUT2D eigenvalue weighted by atomic mass is 10.2. The third kappa shape index (κ3) is 2.03. The number of rotatable bonds is 3. The minimum atomic E-state index is -4.46. The molecule has 0 aliphatic heterocycles. The Kier molecular flexibility index (Phi) is 3.86. The second-order valence-electron chi connectivity index (χ2n) is 3.50. The summed E-state index contributed by atoms with van der Waals surface area (Å²) in [4.78, 5) is -1.27. The first-order chi connectivity index (χ1) is 8.16. The van der Waals surface area contributed by atoms with Crippen molar-refractivity contribution >= 4 is 15.7 Å². The number of hydrogen-bond acceptors (Lipinski definition) is 3. The van der Waals surface area contributed by atoms with E-state index in [2.05, 4.69) is 0 Å². The average molecular weight is 286 g/mol. The molecule has 0 aliphatic carbocycles. The molecule has 0 radical (unpaired) electrons. The smallest absolute Gasteiger partial charge is 0.247 e. The monoisotopic (exact) mass is 286 g/mol. The van der Waals surface area contributed by atoms with Gasteiger partial charge in [0, 0.05) is 21.1 Å². The fourth-order valence-electron chi connectivity index (χ4n) is 1.26. The largest absolute Gasteiger partial charge is 0.384 e. The van der Waals surface area contributed by atoms with Gasteiger partial charge >= 0.3 is 0 Å². The first-order valence-corrected chi connectivity index (χ1v) is 6.06. The van der Waals surface area contributed by atoms with E-state index >= 15 is 0 Å². The summed E-state index contributed by atoms with van der Waals surface area (Å²) in [6.07, 6.45) is 0. The van der Waals surface area contributed by atoms with Crippen LogP contribution in [0.3, 0.4) is 0 Å². The second-order valence-corrected chi connectivity index (χ2v) is 5.59. The van der Waals surface area contributed by atoms with Crippen LogP contribution >= 0.6 is 0 Å². The van der Waals surface area contributed by atoms with E-state index in [1.165, 1.54) is 0 Å². The summed E-state index contributed by atoms with van der Waals surface area (Å²) in [5.74, 6) is -8.01. The zero-order valence-electron chi connectivity index (χ0n) is 9.68. The molecule has 102 valence electrons. The third-order valence-electron chi connectivity index (χ3n) is 2.21. The van der Waals surface area contributed by atoms with Gasteiger partial charge in [0.2, 0.25) is 10.0 Å². The highest BCUT2D eigenvalue weighted by Gasteiger charge is 2.33. The number of hydrogen-bond donors (Lipinski definition) is 1. The van der Waals surface area contributed by atoms with Crippen LogP contribution in [0.2, 0.25) is 0 Å². The van der Waals surface area contributed by atoms with Gasteiger partial charge in [-0.1, -0.05) is 0 Å². The molecule has 0 saturated heterocycles. The summed E-state index contributed by atoms with van der Waals surface area (Å²) in [6.45, 7) is 0. The molecule has 0 spiro atoms. The number of benzene rings is 1. The Morgan fingerprint density at radius 1 is 0.944 bits per heavy atom. The number of sulfonamides is 1. The highest BCUT2D eigenvalue weighted by molar-refractivity contribution is 7.89. The van der Waals surface area contributed by atoms with Crippen LogP contribution in [0.15, 0.2) is 4.90 Å². The topological polar surface area (TPSA) is 49.4 Å². The first-order valence-electron chi connectivity index (χ1n) is 4.62. The molecule has 0 saturated carbocycles. The summed E-state index contributed by atoms with van der Waals surface area (Å²) in [5, 5.41) is 2.01. The lowest BCUT2D eigenvalue weighted by Crippen LogP contribution is -2.25. The Balaban J connectivity index is 3.85. The molecule has 18 heavy (non-hydrogen) atoms. The molecule has 0 unspecified atom stereocenters. The molecule has 0 atom stereocenters. The Labute approximate surface area is 101 Å². The molecular weight excluding hydrogens is 276 g/mol. The molecule has 0 bridgehead atoms. The van der Waals surface area contributed by atoms with Crippen molar-refractivity contribution in [3.63, 3.8) is 0 Å². The lowest BCUT2D eigenvalue weighted by Gasteiger charge is -2.17. The van der Waals surface area contributed by atoms with E-state index in [-0.39, 0.29) is 0 Å². The minimum Gasteiger partial charge on any atom is -0.384 e. The van der Waals surface area contributed by atoms with Gasteiger partial charge in [-0.2, -0.15) is 0 Å². The molecule has 1 aromatic carbocycles. The van der Waals surface area contributed by atoms with E-state index in [0.717, 1.165) is 21.1 Å². The van der Waals surface area contributed by atoms with Gasteiger partial charge in [0.05, 0.1) is 5.69 Å². The van der Waals surface area contributed by atoms with Crippen molar-refractivity contribution in [3.05, 3.63) is 23.3 Å². The number of anilines is 1. The number of halogens is 4. The molecule has 0 aromatic heterocycles. The van der Waals surface area contributed by atoms with Gasteiger partial charge < -0.3 is 5.32 Å². The molecule has 0 fully saturated rings. The van der Waals surface area contributed by atoms with Crippen molar-refractivity contribution in [2.45, 2.75) is 4.90 Å². The van der Waals surface area contributed by atoms with Gasteiger partial charge in [0.15, 0.2) is 23.3 Å². The fourth-order valence-corrected chi connectivity index (χ4v) is 2.39. The van der Waals surface area contributed by atoms with Crippen molar-refractivity contribution in [2.75, 3.05) is 26.5 Å². The van der Waals surface area contributed by atoms with E-state index in [0.29, 0.717) is 4.31 Å². The van der Waals surface area contributed by atoms with Crippen LogP contribution in [-0.2, 0) is 10.0 Å². The lowest BCUT2D eigenvalue weighted by molar-refractivity contribution is 0.396. The van der Waals surface area contributed by atoms with Crippen molar-refractivity contribution in [1.82, 2.24) is 4.31 Å². The van der Waals surface area contributed by atoms with E-state index in [1.807, 2.05) is 5.32 Å². The standard InChI is InChI=1S/C9H10F4N2O2S/c1-14-8-6(12)4(10)5(11)7(13)9(8)18(16,17)15(2)3/h14H,1-3H3. The maximum atomic E-state index is 13.5. The summed E-state index contributed by atoms with van der Waals surface area (Å²) in [7, 11) is -1.31. The summed E-state index contributed by atoms with van der Waals surface area (Å²) in [6, 6.07) is 0. The molecular formula is C9H10F4N2O2S. The van der Waals surface area contributed by atoms with Gasteiger partial charge in [-0.25, -0.2) is 30.3 Å². The Morgan fingerprint density at radius 2 is 1.39 bits per heavy atom. The van der Waals surface area contributed by atoms with Crippen LogP contribution in [0.4, 0.5) is 23.2 Å². The molecule has 1 rings (SSSR count). The zero-order valence-corrected chi connectivity index (χ0v) is 10.5. The van der Waals surface area contributed by atoms with Crippen molar-refractivity contribution < 1.29 is 26.0 Å². The third-order valence-corrected chi connectivity index (χ3v) is 4.07. The molecule has 0 aliphatic rings. The summed E-state index contributed by atoms with van der Waals surface area (Å²) >= 11 is 0. The second kappa shape index (κ2) is 4.73. The summed E-state index contributed by atoms with van der Waals surface area (Å²) < 4.78 is 77.0. The molecule has 1 aromatic rings. The molecule has 9 heteroatoms. The maximum Gasteiger partial charge on any atom is 0.247 e. The number of nitrogens with zero attached hydrogens (tertiary/aromatic N) is 1. The highest BCUT2D eigenvalue weighted by atomic mass is 32.2. The van der Waals surface area contributed by atoms with Gasteiger partial charge in [0.1, 0.15) is 4.90 Å². The zero-order chi connectivity index (χ0) is 14.2. The van der Waals surface area contributed by atoms with Gasteiger partial charge in [0.25, 0.3) is 0 Å². The number of nitrogens with one attached hydrogen (secondary N) is 1. The minimum absolute atomic E-state index is 0.559. The molecule has 1 N–H and O–H groups in total. The van der Waals surface area contributed by atoms with E-state index in [9.17, 15) is 26.0 Å². The molecule has 0 amide bonds. The van der Waals surface area contributed by atoms with Crippen LogP contribution in [-0.4, -0.2) is 33.9 Å². The maximum absolute atomic E-state index is 13.5.